The molecule has 2 amide bonds. The molecule has 2 saturated heterocycles. The summed E-state index contributed by atoms with van der Waals surface area (Å²) in [5, 5.41) is 0.597. The third kappa shape index (κ3) is 4.53. The van der Waals surface area contributed by atoms with Gasteiger partial charge in [-0.15, -0.1) is 11.8 Å². The van der Waals surface area contributed by atoms with Crippen LogP contribution in [-0.2, 0) is 9.53 Å². The van der Waals surface area contributed by atoms with Crippen molar-refractivity contribution in [2.24, 2.45) is 5.92 Å². The molecular weight excluding hydrogens is 372 g/mol. The minimum absolute atomic E-state index is 0.0761. The van der Waals surface area contributed by atoms with Gasteiger partial charge in [-0.3, -0.25) is 9.59 Å². The Bertz CT molecular complexity index is 632. The number of thioether (sulfide) groups is 1. The molecule has 0 saturated carbocycles. The van der Waals surface area contributed by atoms with Gasteiger partial charge in [-0.1, -0.05) is 11.6 Å². The summed E-state index contributed by atoms with van der Waals surface area (Å²) in [4.78, 5) is 29.4. The van der Waals surface area contributed by atoms with Crippen LogP contribution in [0.15, 0.2) is 24.3 Å². The molecule has 26 heavy (non-hydrogen) atoms. The van der Waals surface area contributed by atoms with Crippen LogP contribution in [0.2, 0.25) is 5.02 Å². The molecule has 0 bridgehead atoms. The van der Waals surface area contributed by atoms with E-state index in [4.69, 9.17) is 16.3 Å². The van der Waals surface area contributed by atoms with E-state index in [-0.39, 0.29) is 17.9 Å². The zero-order valence-corrected chi connectivity index (χ0v) is 16.6. The van der Waals surface area contributed by atoms with Crippen LogP contribution in [-0.4, -0.2) is 65.6 Å². The molecule has 0 radical (unpaired) electrons. The van der Waals surface area contributed by atoms with Gasteiger partial charge in [0.2, 0.25) is 5.91 Å². The number of hydrogen-bond donors (Lipinski definition) is 0. The maximum absolute atomic E-state index is 13.0. The summed E-state index contributed by atoms with van der Waals surface area (Å²) in [5.41, 5.74) is 0.574. The van der Waals surface area contributed by atoms with E-state index in [1.165, 1.54) is 0 Å². The number of benzene rings is 1. The van der Waals surface area contributed by atoms with E-state index in [0.717, 1.165) is 39.1 Å². The van der Waals surface area contributed by atoms with Gasteiger partial charge in [-0.05, 0) is 49.9 Å². The Kier molecular flexibility index (Phi) is 6.84. The minimum Gasteiger partial charge on any atom is -0.381 e. The number of piperidine rings is 1. The molecule has 7 heteroatoms. The van der Waals surface area contributed by atoms with Crippen molar-refractivity contribution in [3.8, 4) is 0 Å². The molecule has 3 rings (SSSR count). The molecule has 0 N–H and O–H groups in total. The highest BCUT2D eigenvalue weighted by Gasteiger charge is 2.38. The summed E-state index contributed by atoms with van der Waals surface area (Å²) >= 11 is 7.53. The van der Waals surface area contributed by atoms with E-state index in [1.54, 1.807) is 40.9 Å². The van der Waals surface area contributed by atoms with Crippen LogP contribution in [0, 0.1) is 5.92 Å². The lowest BCUT2D eigenvalue weighted by molar-refractivity contribution is -0.136. The number of carbonyl (C=O) groups is 2. The van der Waals surface area contributed by atoms with Gasteiger partial charge in [-0.25, -0.2) is 0 Å². The van der Waals surface area contributed by atoms with Crippen molar-refractivity contribution in [3.63, 3.8) is 0 Å². The fraction of sp³-hybridized carbons (Fsp3) is 0.579. The number of carbonyl (C=O) groups excluding carboxylic acids is 2. The highest BCUT2D eigenvalue weighted by atomic mass is 35.5. The second-order valence-electron chi connectivity index (χ2n) is 6.73. The highest BCUT2D eigenvalue weighted by molar-refractivity contribution is 7.99. The van der Waals surface area contributed by atoms with Gasteiger partial charge >= 0.3 is 0 Å². The van der Waals surface area contributed by atoms with Crippen LogP contribution in [0.25, 0.3) is 0 Å². The van der Waals surface area contributed by atoms with Crippen LogP contribution in [0.5, 0.6) is 0 Å². The van der Waals surface area contributed by atoms with Gasteiger partial charge in [0.15, 0.2) is 0 Å². The summed E-state index contributed by atoms with van der Waals surface area (Å²) in [5.74, 6) is 1.72. The number of hydrogen-bond acceptors (Lipinski definition) is 4. The first-order chi connectivity index (χ1) is 12.6. The van der Waals surface area contributed by atoms with E-state index in [9.17, 15) is 9.59 Å². The third-order valence-corrected chi connectivity index (χ3v) is 6.27. The maximum Gasteiger partial charge on any atom is 0.255 e. The molecular formula is C19H25ClN2O3S. The summed E-state index contributed by atoms with van der Waals surface area (Å²) in [7, 11) is 0. The zero-order chi connectivity index (χ0) is 18.5. The predicted molar refractivity (Wildman–Crippen MR) is 105 cm³/mol. The second kappa shape index (κ2) is 9.11. The van der Waals surface area contributed by atoms with Crippen molar-refractivity contribution in [1.82, 2.24) is 9.80 Å². The zero-order valence-electron chi connectivity index (χ0n) is 15.0. The Morgan fingerprint density at radius 1 is 1.23 bits per heavy atom. The SMILES string of the molecule is CCOCC1CCN(C(=O)[C@@H]2CSCN2C(=O)c2ccc(Cl)cc2)CC1. The van der Waals surface area contributed by atoms with Crippen LogP contribution in [0.3, 0.4) is 0 Å². The first kappa shape index (κ1) is 19.5. The van der Waals surface area contributed by atoms with Gasteiger partial charge in [0, 0.05) is 42.6 Å². The Balaban J connectivity index is 1.60. The smallest absolute Gasteiger partial charge is 0.255 e. The number of amides is 2. The average molecular weight is 397 g/mol. The number of halogens is 1. The number of ether oxygens (including phenoxy) is 1. The van der Waals surface area contributed by atoms with Crippen LogP contribution < -0.4 is 0 Å². The van der Waals surface area contributed by atoms with Gasteiger partial charge in [0.25, 0.3) is 5.91 Å². The standard InChI is InChI=1S/C19H25ClN2O3S/c1-2-25-11-14-7-9-21(10-8-14)19(24)17-12-26-13-22(17)18(23)15-3-5-16(20)6-4-15/h3-6,14,17H,2,7-13H2,1H3/t17-/m0/s1. The molecule has 0 spiro atoms. The van der Waals surface area contributed by atoms with Crippen LogP contribution in [0.4, 0.5) is 0 Å². The molecule has 0 unspecified atom stereocenters. The Hall–Kier alpha value is -1.24. The molecule has 0 aliphatic carbocycles. The van der Waals surface area contributed by atoms with Crippen molar-refractivity contribution in [3.05, 3.63) is 34.9 Å². The molecule has 2 aliphatic rings. The van der Waals surface area contributed by atoms with E-state index in [2.05, 4.69) is 0 Å². The van der Waals surface area contributed by atoms with Crippen molar-refractivity contribution < 1.29 is 14.3 Å². The molecule has 2 aliphatic heterocycles. The summed E-state index contributed by atoms with van der Waals surface area (Å²) in [6, 6.07) is 6.48. The number of nitrogens with zero attached hydrogens (tertiary/aromatic N) is 2. The summed E-state index contributed by atoms with van der Waals surface area (Å²) in [6.45, 7) is 5.02. The fourth-order valence-electron chi connectivity index (χ4n) is 3.42. The van der Waals surface area contributed by atoms with E-state index < -0.39 is 0 Å². The predicted octanol–water partition coefficient (Wildman–Crippen LogP) is 3.13. The van der Waals surface area contributed by atoms with Gasteiger partial charge in [-0.2, -0.15) is 0 Å². The van der Waals surface area contributed by atoms with E-state index >= 15 is 0 Å². The highest BCUT2D eigenvalue weighted by Crippen LogP contribution is 2.27. The van der Waals surface area contributed by atoms with Gasteiger partial charge < -0.3 is 14.5 Å². The molecule has 1 atom stereocenters. The first-order valence-corrected chi connectivity index (χ1v) is 10.6. The Morgan fingerprint density at radius 3 is 2.58 bits per heavy atom. The molecule has 1 aromatic carbocycles. The van der Waals surface area contributed by atoms with Gasteiger partial charge in [0.1, 0.15) is 6.04 Å². The number of rotatable bonds is 5. The minimum atomic E-state index is -0.369. The largest absolute Gasteiger partial charge is 0.381 e. The van der Waals surface area contributed by atoms with Crippen LogP contribution >= 0.6 is 23.4 Å². The molecule has 5 nitrogen and oxygen atoms in total. The fourth-order valence-corrected chi connectivity index (χ4v) is 4.69. The lowest BCUT2D eigenvalue weighted by atomic mass is 9.97. The van der Waals surface area contributed by atoms with Crippen molar-refractivity contribution >= 4 is 35.2 Å². The topological polar surface area (TPSA) is 49.9 Å². The molecule has 2 heterocycles. The van der Waals surface area contributed by atoms with E-state index in [1.807, 2.05) is 11.8 Å². The summed E-state index contributed by atoms with van der Waals surface area (Å²) in [6.07, 6.45) is 1.94. The molecule has 2 fully saturated rings. The van der Waals surface area contributed by atoms with Crippen molar-refractivity contribution in [2.45, 2.75) is 25.8 Å². The normalized spacial score (nSPS) is 21.2. The van der Waals surface area contributed by atoms with Crippen LogP contribution in [0.1, 0.15) is 30.1 Å². The van der Waals surface area contributed by atoms with Crippen molar-refractivity contribution in [2.75, 3.05) is 37.9 Å². The van der Waals surface area contributed by atoms with E-state index in [0.29, 0.717) is 28.1 Å². The monoisotopic (exact) mass is 396 g/mol. The first-order valence-electron chi connectivity index (χ1n) is 9.11. The Labute approximate surface area is 164 Å². The molecule has 0 aromatic heterocycles. The Morgan fingerprint density at radius 2 is 1.92 bits per heavy atom. The molecule has 142 valence electrons. The molecule has 1 aromatic rings. The quantitative estimate of drug-likeness (QED) is 0.767. The average Bonchev–Trinajstić information content (AvgIpc) is 3.16. The van der Waals surface area contributed by atoms with Crippen molar-refractivity contribution in [1.29, 1.82) is 0 Å². The third-order valence-electron chi connectivity index (χ3n) is 5.00. The lowest BCUT2D eigenvalue weighted by Crippen LogP contribution is -2.51. The maximum atomic E-state index is 13.0. The second-order valence-corrected chi connectivity index (χ2v) is 8.16. The van der Waals surface area contributed by atoms with Gasteiger partial charge in [0.05, 0.1) is 5.88 Å². The lowest BCUT2D eigenvalue weighted by Gasteiger charge is -2.35. The summed E-state index contributed by atoms with van der Waals surface area (Å²) < 4.78 is 5.51. The number of likely N-dealkylation sites (tertiary alicyclic amines) is 1.